The van der Waals surface area contributed by atoms with Gasteiger partial charge in [-0.3, -0.25) is 0 Å². The summed E-state index contributed by atoms with van der Waals surface area (Å²) in [5.74, 6) is 1.21. The van der Waals surface area contributed by atoms with Crippen LogP contribution in [0.2, 0.25) is 0 Å². The molecule has 2 N–H and O–H groups in total. The average molecular weight is 343 g/mol. The Morgan fingerprint density at radius 1 is 1.25 bits per heavy atom. The number of hydrogen-bond donors (Lipinski definition) is 2. The van der Waals surface area contributed by atoms with Crippen molar-refractivity contribution in [1.29, 1.82) is 0 Å². The van der Waals surface area contributed by atoms with Crippen LogP contribution >= 0.6 is 15.9 Å². The van der Waals surface area contributed by atoms with Crippen LogP contribution in [0.5, 0.6) is 5.75 Å². The molecule has 0 spiro atoms. The number of aliphatic hydroxyl groups excluding tert-OH is 2. The molecule has 0 saturated heterocycles. The Bertz CT molecular complexity index is 437. The number of ether oxygens (including phenoxy) is 1. The minimum Gasteiger partial charge on any atom is -0.496 e. The SMILES string of the molecule is COc1ccc(Br)cc1CC(CO)(CO)C1CCCC1. The molecule has 1 saturated carbocycles. The third-order valence-electron chi connectivity index (χ3n) is 4.64. The van der Waals surface area contributed by atoms with Crippen LogP contribution in [0.4, 0.5) is 0 Å². The lowest BCUT2D eigenvalue weighted by Crippen LogP contribution is -2.39. The Morgan fingerprint density at radius 2 is 1.90 bits per heavy atom. The second kappa shape index (κ2) is 6.92. The lowest BCUT2D eigenvalue weighted by Gasteiger charge is -2.36. The highest BCUT2D eigenvalue weighted by Crippen LogP contribution is 2.43. The maximum Gasteiger partial charge on any atom is 0.122 e. The third kappa shape index (κ3) is 3.18. The monoisotopic (exact) mass is 342 g/mol. The Hall–Kier alpha value is -0.580. The van der Waals surface area contributed by atoms with Gasteiger partial charge in [-0.05, 0) is 48.9 Å². The highest BCUT2D eigenvalue weighted by atomic mass is 79.9. The van der Waals surface area contributed by atoms with E-state index in [1.54, 1.807) is 7.11 Å². The molecule has 1 aliphatic carbocycles. The van der Waals surface area contributed by atoms with Crippen LogP contribution in [0.1, 0.15) is 31.2 Å². The van der Waals surface area contributed by atoms with E-state index in [2.05, 4.69) is 15.9 Å². The molecular weight excluding hydrogens is 320 g/mol. The molecular formula is C16H23BrO3. The summed E-state index contributed by atoms with van der Waals surface area (Å²) in [4.78, 5) is 0. The standard InChI is InChI=1S/C16H23BrO3/c1-20-15-7-6-14(17)8-12(15)9-16(10-18,11-19)13-4-2-3-5-13/h6-8,13,18-19H,2-5,9-11H2,1H3. The van der Waals surface area contributed by atoms with Crippen LogP contribution in [0.3, 0.4) is 0 Å². The molecule has 4 heteroatoms. The zero-order valence-corrected chi connectivity index (χ0v) is 13.5. The van der Waals surface area contributed by atoms with Gasteiger partial charge < -0.3 is 14.9 Å². The minimum atomic E-state index is -0.440. The molecule has 0 aliphatic heterocycles. The van der Waals surface area contributed by atoms with Crippen LogP contribution < -0.4 is 4.74 Å². The maximum atomic E-state index is 9.92. The van der Waals surface area contributed by atoms with Crippen LogP contribution in [-0.2, 0) is 6.42 Å². The van der Waals surface area contributed by atoms with Crippen molar-refractivity contribution in [1.82, 2.24) is 0 Å². The molecule has 0 radical (unpaired) electrons. The average Bonchev–Trinajstić information content (AvgIpc) is 3.00. The Balaban J connectivity index is 2.29. The number of rotatable bonds is 6. The molecule has 0 aromatic heterocycles. The smallest absolute Gasteiger partial charge is 0.122 e. The van der Waals surface area contributed by atoms with E-state index in [0.717, 1.165) is 28.6 Å². The van der Waals surface area contributed by atoms with Crippen molar-refractivity contribution in [3.63, 3.8) is 0 Å². The van der Waals surface area contributed by atoms with Gasteiger partial charge in [0.25, 0.3) is 0 Å². The zero-order valence-electron chi connectivity index (χ0n) is 11.9. The van der Waals surface area contributed by atoms with E-state index in [1.165, 1.54) is 12.8 Å². The molecule has 1 aromatic carbocycles. The van der Waals surface area contributed by atoms with Gasteiger partial charge in [0.15, 0.2) is 0 Å². The molecule has 0 heterocycles. The van der Waals surface area contributed by atoms with Gasteiger partial charge in [-0.1, -0.05) is 28.8 Å². The van der Waals surface area contributed by atoms with Crippen molar-refractivity contribution in [2.45, 2.75) is 32.1 Å². The van der Waals surface area contributed by atoms with Gasteiger partial charge >= 0.3 is 0 Å². The molecule has 0 amide bonds. The molecule has 1 aliphatic rings. The van der Waals surface area contributed by atoms with Gasteiger partial charge in [-0.2, -0.15) is 0 Å². The van der Waals surface area contributed by atoms with Crippen LogP contribution in [0.15, 0.2) is 22.7 Å². The summed E-state index contributed by atoms with van der Waals surface area (Å²) in [7, 11) is 1.65. The molecule has 1 aromatic rings. The first-order valence-electron chi connectivity index (χ1n) is 7.19. The quantitative estimate of drug-likeness (QED) is 0.834. The first-order chi connectivity index (χ1) is 9.65. The summed E-state index contributed by atoms with van der Waals surface area (Å²) in [5, 5.41) is 19.8. The maximum absolute atomic E-state index is 9.92. The van der Waals surface area contributed by atoms with Gasteiger partial charge in [0.05, 0.1) is 20.3 Å². The van der Waals surface area contributed by atoms with Gasteiger partial charge in [-0.25, -0.2) is 0 Å². The van der Waals surface area contributed by atoms with E-state index >= 15 is 0 Å². The van der Waals surface area contributed by atoms with Crippen molar-refractivity contribution in [2.75, 3.05) is 20.3 Å². The number of halogens is 1. The van der Waals surface area contributed by atoms with E-state index in [1.807, 2.05) is 18.2 Å². The van der Waals surface area contributed by atoms with E-state index in [0.29, 0.717) is 12.3 Å². The summed E-state index contributed by atoms with van der Waals surface area (Å²) < 4.78 is 6.40. The van der Waals surface area contributed by atoms with E-state index in [9.17, 15) is 10.2 Å². The predicted octanol–water partition coefficient (Wildman–Crippen LogP) is 3.16. The molecule has 112 valence electrons. The zero-order chi connectivity index (χ0) is 14.6. The highest BCUT2D eigenvalue weighted by molar-refractivity contribution is 9.10. The Labute approximate surface area is 129 Å². The molecule has 20 heavy (non-hydrogen) atoms. The van der Waals surface area contributed by atoms with Gasteiger partial charge in [-0.15, -0.1) is 0 Å². The van der Waals surface area contributed by atoms with E-state index in [-0.39, 0.29) is 13.2 Å². The Kier molecular flexibility index (Phi) is 5.47. The van der Waals surface area contributed by atoms with Crippen LogP contribution in [0.25, 0.3) is 0 Å². The third-order valence-corrected chi connectivity index (χ3v) is 5.13. The van der Waals surface area contributed by atoms with E-state index in [4.69, 9.17) is 4.74 Å². The fourth-order valence-corrected chi connectivity index (χ4v) is 3.78. The first-order valence-corrected chi connectivity index (χ1v) is 7.98. The first kappa shape index (κ1) is 15.8. The fraction of sp³-hybridized carbons (Fsp3) is 0.625. The summed E-state index contributed by atoms with van der Waals surface area (Å²) in [6.07, 6.45) is 5.23. The lowest BCUT2D eigenvalue weighted by molar-refractivity contribution is 0.00533. The highest BCUT2D eigenvalue weighted by Gasteiger charge is 2.40. The minimum absolute atomic E-state index is 0.0177. The van der Waals surface area contributed by atoms with Crippen LogP contribution in [0, 0.1) is 11.3 Å². The van der Waals surface area contributed by atoms with Gasteiger partial charge in [0.2, 0.25) is 0 Å². The largest absolute Gasteiger partial charge is 0.496 e. The van der Waals surface area contributed by atoms with E-state index < -0.39 is 5.41 Å². The summed E-state index contributed by atoms with van der Waals surface area (Å²) >= 11 is 3.48. The van der Waals surface area contributed by atoms with Crippen molar-refractivity contribution in [3.05, 3.63) is 28.2 Å². The lowest BCUT2D eigenvalue weighted by atomic mass is 9.71. The second-order valence-electron chi connectivity index (χ2n) is 5.79. The summed E-state index contributed by atoms with van der Waals surface area (Å²) in [5.41, 5.74) is 0.599. The molecule has 0 atom stereocenters. The summed E-state index contributed by atoms with van der Waals surface area (Å²) in [6.45, 7) is 0.0354. The van der Waals surface area contributed by atoms with Gasteiger partial charge in [0.1, 0.15) is 5.75 Å². The van der Waals surface area contributed by atoms with Gasteiger partial charge in [0, 0.05) is 9.89 Å². The Morgan fingerprint density at radius 3 is 2.45 bits per heavy atom. The van der Waals surface area contributed by atoms with Crippen molar-refractivity contribution in [3.8, 4) is 5.75 Å². The van der Waals surface area contributed by atoms with Crippen molar-refractivity contribution >= 4 is 15.9 Å². The number of hydrogen-bond acceptors (Lipinski definition) is 3. The van der Waals surface area contributed by atoms with Crippen molar-refractivity contribution < 1.29 is 14.9 Å². The molecule has 1 fully saturated rings. The predicted molar refractivity (Wildman–Crippen MR) is 83.0 cm³/mol. The number of methoxy groups -OCH3 is 1. The van der Waals surface area contributed by atoms with Crippen LogP contribution in [-0.4, -0.2) is 30.5 Å². The normalized spacial score (nSPS) is 16.6. The second-order valence-corrected chi connectivity index (χ2v) is 6.71. The molecule has 2 rings (SSSR count). The topological polar surface area (TPSA) is 49.7 Å². The molecule has 0 bridgehead atoms. The fourth-order valence-electron chi connectivity index (χ4n) is 3.37. The summed E-state index contributed by atoms with van der Waals surface area (Å²) in [6, 6.07) is 5.89. The molecule has 3 nitrogen and oxygen atoms in total. The number of aliphatic hydroxyl groups is 2. The molecule has 0 unspecified atom stereocenters. The van der Waals surface area contributed by atoms with Crippen molar-refractivity contribution in [2.24, 2.45) is 11.3 Å². The number of benzene rings is 1.